The van der Waals surface area contributed by atoms with Crippen molar-refractivity contribution in [2.24, 2.45) is 0 Å². The molecule has 1 fully saturated rings. The van der Waals surface area contributed by atoms with Crippen LogP contribution in [0.3, 0.4) is 0 Å². The topological polar surface area (TPSA) is 95.7 Å². The number of carbonyl (C=O) groups excluding carboxylic acids is 1. The number of methoxy groups -OCH3 is 1. The van der Waals surface area contributed by atoms with Crippen molar-refractivity contribution < 1.29 is 22.7 Å². The summed E-state index contributed by atoms with van der Waals surface area (Å²) < 4.78 is 32.8. The lowest BCUT2D eigenvalue weighted by Gasteiger charge is -2.12. The van der Waals surface area contributed by atoms with Gasteiger partial charge in [-0.1, -0.05) is 0 Å². The van der Waals surface area contributed by atoms with Gasteiger partial charge in [0.05, 0.1) is 18.6 Å². The van der Waals surface area contributed by atoms with E-state index in [2.05, 4.69) is 0 Å². The lowest BCUT2D eigenvalue weighted by molar-refractivity contribution is 0.0353. The van der Waals surface area contributed by atoms with Gasteiger partial charge in [-0.05, 0) is 24.6 Å². The van der Waals surface area contributed by atoms with Crippen LogP contribution in [0.15, 0.2) is 18.2 Å². The summed E-state index contributed by atoms with van der Waals surface area (Å²) in [5.74, 6) is -0.339. The molecule has 1 aliphatic rings. The Morgan fingerprint density at radius 3 is 2.74 bits per heavy atom. The Morgan fingerprint density at radius 1 is 1.42 bits per heavy atom. The molecule has 1 saturated heterocycles. The van der Waals surface area contributed by atoms with Gasteiger partial charge in [0.1, 0.15) is 17.4 Å². The average molecular weight is 285 g/mol. The summed E-state index contributed by atoms with van der Waals surface area (Å²) in [5.41, 5.74) is 6.22. The van der Waals surface area contributed by atoms with Crippen LogP contribution in [0.2, 0.25) is 0 Å². The number of sulfone groups is 1. The zero-order valence-electron chi connectivity index (χ0n) is 10.5. The van der Waals surface area contributed by atoms with Gasteiger partial charge < -0.3 is 15.2 Å². The second kappa shape index (κ2) is 5.08. The maximum Gasteiger partial charge on any atom is 0.342 e. The van der Waals surface area contributed by atoms with E-state index in [-0.39, 0.29) is 17.1 Å². The highest BCUT2D eigenvalue weighted by Gasteiger charge is 2.31. The first-order valence-electron chi connectivity index (χ1n) is 5.76. The van der Waals surface area contributed by atoms with Crippen LogP contribution in [-0.4, -0.2) is 39.1 Å². The van der Waals surface area contributed by atoms with Crippen molar-refractivity contribution >= 4 is 21.5 Å². The first-order chi connectivity index (χ1) is 8.91. The molecule has 0 amide bonds. The standard InChI is InChI=1S/C12H15NO5S/c1-17-11-3-2-8(13)6-10(11)12(14)18-9-4-5-19(15,16)7-9/h2-3,6,9H,4-5,7,13H2,1H3. The van der Waals surface area contributed by atoms with Crippen molar-refractivity contribution in [1.29, 1.82) is 0 Å². The number of esters is 1. The first kappa shape index (κ1) is 13.7. The minimum atomic E-state index is -3.08. The number of rotatable bonds is 3. The van der Waals surface area contributed by atoms with Crippen LogP contribution in [0.25, 0.3) is 0 Å². The highest BCUT2D eigenvalue weighted by Crippen LogP contribution is 2.24. The fourth-order valence-corrected chi connectivity index (χ4v) is 3.54. The minimum absolute atomic E-state index is 0.0546. The van der Waals surface area contributed by atoms with Gasteiger partial charge in [-0.2, -0.15) is 0 Å². The van der Waals surface area contributed by atoms with Gasteiger partial charge in [-0.3, -0.25) is 0 Å². The zero-order chi connectivity index (χ0) is 14.0. The smallest absolute Gasteiger partial charge is 0.342 e. The monoisotopic (exact) mass is 285 g/mol. The summed E-state index contributed by atoms with van der Waals surface area (Å²) >= 11 is 0. The third-order valence-electron chi connectivity index (χ3n) is 2.91. The quantitative estimate of drug-likeness (QED) is 0.646. The van der Waals surface area contributed by atoms with E-state index >= 15 is 0 Å². The molecule has 6 nitrogen and oxygen atoms in total. The Morgan fingerprint density at radius 2 is 2.16 bits per heavy atom. The fraction of sp³-hybridized carbons (Fsp3) is 0.417. The predicted octanol–water partition coefficient (Wildman–Crippen LogP) is 0.621. The highest BCUT2D eigenvalue weighted by molar-refractivity contribution is 7.91. The van der Waals surface area contributed by atoms with Crippen molar-refractivity contribution in [3.05, 3.63) is 23.8 Å². The predicted molar refractivity (Wildman–Crippen MR) is 69.9 cm³/mol. The number of nitrogen functional groups attached to an aromatic ring is 1. The zero-order valence-corrected chi connectivity index (χ0v) is 11.3. The van der Waals surface area contributed by atoms with Gasteiger partial charge >= 0.3 is 5.97 Å². The molecular formula is C12H15NO5S. The van der Waals surface area contributed by atoms with E-state index in [1.165, 1.54) is 13.2 Å². The molecule has 2 rings (SSSR count). The number of hydrogen-bond donors (Lipinski definition) is 1. The van der Waals surface area contributed by atoms with E-state index in [9.17, 15) is 13.2 Å². The molecular weight excluding hydrogens is 270 g/mol. The van der Waals surface area contributed by atoms with Crippen LogP contribution < -0.4 is 10.5 Å². The van der Waals surface area contributed by atoms with Gasteiger partial charge in [0.15, 0.2) is 9.84 Å². The molecule has 7 heteroatoms. The number of benzene rings is 1. The van der Waals surface area contributed by atoms with E-state index in [1.54, 1.807) is 12.1 Å². The molecule has 104 valence electrons. The summed E-state index contributed by atoms with van der Waals surface area (Å²) in [5, 5.41) is 0. The van der Waals surface area contributed by atoms with Crippen LogP contribution in [0.5, 0.6) is 5.75 Å². The Labute approximate surface area is 111 Å². The summed E-state index contributed by atoms with van der Waals surface area (Å²) in [6.07, 6.45) is -0.262. The Kier molecular flexibility index (Phi) is 3.66. The molecule has 1 aliphatic heterocycles. The highest BCUT2D eigenvalue weighted by atomic mass is 32.2. The minimum Gasteiger partial charge on any atom is -0.496 e. The molecule has 1 atom stereocenters. The summed E-state index contributed by atoms with van der Waals surface area (Å²) in [6, 6.07) is 4.62. The van der Waals surface area contributed by atoms with Crippen LogP contribution in [0, 0.1) is 0 Å². The van der Waals surface area contributed by atoms with Crippen molar-refractivity contribution in [2.45, 2.75) is 12.5 Å². The number of carbonyl (C=O) groups is 1. The SMILES string of the molecule is COc1ccc(N)cc1C(=O)OC1CCS(=O)(=O)C1. The van der Waals surface area contributed by atoms with Gasteiger partial charge in [0, 0.05) is 5.69 Å². The summed E-state index contributed by atoms with van der Waals surface area (Å²) in [4.78, 5) is 12.0. The third-order valence-corrected chi connectivity index (χ3v) is 4.65. The third kappa shape index (κ3) is 3.17. The molecule has 1 aromatic carbocycles. The molecule has 0 aliphatic carbocycles. The van der Waals surface area contributed by atoms with Crippen molar-refractivity contribution in [1.82, 2.24) is 0 Å². The number of ether oxygens (including phenoxy) is 2. The number of nitrogens with two attached hydrogens (primary N) is 1. The molecule has 1 heterocycles. The van der Waals surface area contributed by atoms with Crippen molar-refractivity contribution in [2.75, 3.05) is 24.3 Å². The maximum absolute atomic E-state index is 12.0. The maximum atomic E-state index is 12.0. The lowest BCUT2D eigenvalue weighted by atomic mass is 10.2. The molecule has 19 heavy (non-hydrogen) atoms. The van der Waals surface area contributed by atoms with Gasteiger partial charge in [-0.25, -0.2) is 13.2 Å². The molecule has 0 bridgehead atoms. The summed E-state index contributed by atoms with van der Waals surface area (Å²) in [7, 11) is -1.65. The second-order valence-electron chi connectivity index (χ2n) is 4.39. The second-order valence-corrected chi connectivity index (χ2v) is 6.62. The van der Waals surface area contributed by atoms with Gasteiger partial charge in [-0.15, -0.1) is 0 Å². The van der Waals surface area contributed by atoms with E-state index in [1.807, 2.05) is 0 Å². The van der Waals surface area contributed by atoms with E-state index in [0.717, 1.165) is 0 Å². The fourth-order valence-electron chi connectivity index (χ4n) is 1.95. The molecule has 0 radical (unpaired) electrons. The number of hydrogen-bond acceptors (Lipinski definition) is 6. The molecule has 1 unspecified atom stereocenters. The molecule has 1 aromatic rings. The van der Waals surface area contributed by atoms with Crippen molar-refractivity contribution in [3.8, 4) is 5.75 Å². The van der Waals surface area contributed by atoms with Crippen LogP contribution in [-0.2, 0) is 14.6 Å². The molecule has 0 aromatic heterocycles. The molecule has 0 saturated carbocycles. The van der Waals surface area contributed by atoms with E-state index in [4.69, 9.17) is 15.2 Å². The molecule has 0 spiro atoms. The Hall–Kier alpha value is -1.76. The van der Waals surface area contributed by atoms with Crippen LogP contribution in [0.1, 0.15) is 16.8 Å². The number of anilines is 1. The van der Waals surface area contributed by atoms with Crippen molar-refractivity contribution in [3.63, 3.8) is 0 Å². The average Bonchev–Trinajstić information content (AvgIpc) is 2.68. The normalized spacial score (nSPS) is 21.0. The van der Waals surface area contributed by atoms with Crippen LogP contribution in [0.4, 0.5) is 5.69 Å². The molecule has 2 N–H and O–H groups in total. The first-order valence-corrected chi connectivity index (χ1v) is 7.58. The Balaban J connectivity index is 2.14. The van der Waals surface area contributed by atoms with Crippen LogP contribution >= 0.6 is 0 Å². The van der Waals surface area contributed by atoms with Gasteiger partial charge in [0.25, 0.3) is 0 Å². The van der Waals surface area contributed by atoms with E-state index < -0.39 is 21.9 Å². The summed E-state index contributed by atoms with van der Waals surface area (Å²) in [6.45, 7) is 0. The van der Waals surface area contributed by atoms with E-state index in [0.29, 0.717) is 17.9 Å². The lowest BCUT2D eigenvalue weighted by Crippen LogP contribution is -2.20. The van der Waals surface area contributed by atoms with Gasteiger partial charge in [0.2, 0.25) is 0 Å². The Bertz CT molecular complexity index is 596. The largest absolute Gasteiger partial charge is 0.496 e.